The lowest BCUT2D eigenvalue weighted by Crippen LogP contribution is -2.49. The van der Waals surface area contributed by atoms with Crippen LogP contribution >= 0.6 is 0 Å². The van der Waals surface area contributed by atoms with Gasteiger partial charge in [0.2, 0.25) is 21.8 Å². The number of rotatable bonds is 5. The molecule has 2 rings (SSSR count). The molecule has 0 unspecified atom stereocenters. The molecule has 1 aromatic carbocycles. The van der Waals surface area contributed by atoms with Crippen LogP contribution in [0, 0.1) is 5.92 Å². The van der Waals surface area contributed by atoms with Crippen molar-refractivity contribution in [1.29, 1.82) is 0 Å². The van der Waals surface area contributed by atoms with Crippen molar-refractivity contribution in [2.24, 2.45) is 11.7 Å². The Morgan fingerprint density at radius 3 is 2.71 bits per heavy atom. The minimum Gasteiger partial charge on any atom is -0.354 e. The van der Waals surface area contributed by atoms with Gasteiger partial charge in [0, 0.05) is 18.8 Å². The summed E-state index contributed by atoms with van der Waals surface area (Å²) < 4.78 is 26.4. The van der Waals surface area contributed by atoms with Crippen LogP contribution in [0.4, 0.5) is 5.69 Å². The van der Waals surface area contributed by atoms with Gasteiger partial charge in [-0.25, -0.2) is 8.42 Å². The van der Waals surface area contributed by atoms with Crippen LogP contribution in [0.2, 0.25) is 0 Å². The van der Waals surface area contributed by atoms with Crippen LogP contribution in [0.3, 0.4) is 0 Å². The topological polar surface area (TPSA) is 122 Å². The Morgan fingerprint density at radius 2 is 2.08 bits per heavy atom. The predicted molar refractivity (Wildman–Crippen MR) is 89.7 cm³/mol. The van der Waals surface area contributed by atoms with E-state index in [4.69, 9.17) is 5.73 Å². The molecule has 4 N–H and O–H groups in total. The molecule has 0 saturated carbocycles. The highest BCUT2D eigenvalue weighted by Gasteiger charge is 2.29. The number of benzene rings is 1. The van der Waals surface area contributed by atoms with Crippen LogP contribution in [-0.2, 0) is 19.6 Å². The van der Waals surface area contributed by atoms with Gasteiger partial charge in [0.15, 0.2) is 0 Å². The van der Waals surface area contributed by atoms with E-state index in [9.17, 15) is 18.0 Å². The largest absolute Gasteiger partial charge is 0.354 e. The normalized spacial score (nSPS) is 17.4. The minimum absolute atomic E-state index is 0.0214. The first kappa shape index (κ1) is 18.4. The maximum absolute atomic E-state index is 12.6. The molecule has 1 fully saturated rings. The molecule has 1 saturated heterocycles. The highest BCUT2D eigenvalue weighted by Crippen LogP contribution is 2.20. The third-order valence-corrected chi connectivity index (χ3v) is 5.60. The lowest BCUT2D eigenvalue weighted by molar-refractivity contribution is -0.122. The zero-order valence-corrected chi connectivity index (χ0v) is 14.5. The molecule has 1 aliphatic rings. The molecule has 1 aliphatic heterocycles. The highest BCUT2D eigenvalue weighted by molar-refractivity contribution is 7.89. The van der Waals surface area contributed by atoms with Crippen LogP contribution in [0.5, 0.6) is 0 Å². The third-order valence-electron chi connectivity index (χ3n) is 3.76. The Labute approximate surface area is 141 Å². The molecule has 8 nitrogen and oxygen atoms in total. The van der Waals surface area contributed by atoms with E-state index in [1.807, 2.05) is 13.8 Å². The lowest BCUT2D eigenvalue weighted by atomic mass is 10.1. The summed E-state index contributed by atoms with van der Waals surface area (Å²) in [4.78, 5) is 23.4. The Hall–Kier alpha value is -1.97. The summed E-state index contributed by atoms with van der Waals surface area (Å²) in [6.45, 7) is 3.93. The number of carbonyl (C=O) groups excluding carboxylic acids is 2. The SMILES string of the molecule is CC(C)[C@H](N)C(=O)Nc1cccc(S(=O)(=O)N2CCNC(=O)C2)c1. The van der Waals surface area contributed by atoms with E-state index in [0.29, 0.717) is 5.69 Å². The second kappa shape index (κ2) is 7.29. The molecule has 1 aromatic rings. The van der Waals surface area contributed by atoms with Gasteiger partial charge in [-0.3, -0.25) is 9.59 Å². The Balaban J connectivity index is 2.20. The predicted octanol–water partition coefficient (Wildman–Crippen LogP) is -0.271. The molecular formula is C15H22N4O4S. The summed E-state index contributed by atoms with van der Waals surface area (Å²) >= 11 is 0. The van der Waals surface area contributed by atoms with Gasteiger partial charge in [0.25, 0.3) is 0 Å². The minimum atomic E-state index is -3.80. The van der Waals surface area contributed by atoms with Crippen molar-refractivity contribution in [3.8, 4) is 0 Å². The van der Waals surface area contributed by atoms with Crippen molar-refractivity contribution in [3.05, 3.63) is 24.3 Å². The summed E-state index contributed by atoms with van der Waals surface area (Å²) in [5, 5.41) is 5.20. The number of anilines is 1. The molecule has 1 heterocycles. The standard InChI is InChI=1S/C15H22N4O4S/c1-10(2)14(16)15(21)18-11-4-3-5-12(8-11)24(22,23)19-7-6-17-13(20)9-19/h3-5,8,10,14H,6-7,9,16H2,1-2H3,(H,17,20)(H,18,21)/t14-/m0/s1. The second-order valence-electron chi connectivity index (χ2n) is 5.98. The molecule has 2 amide bonds. The molecule has 0 bridgehead atoms. The van der Waals surface area contributed by atoms with Gasteiger partial charge >= 0.3 is 0 Å². The summed E-state index contributed by atoms with van der Waals surface area (Å²) in [6, 6.07) is 5.24. The Bertz CT molecular complexity index is 733. The van der Waals surface area contributed by atoms with Crippen molar-refractivity contribution in [1.82, 2.24) is 9.62 Å². The zero-order valence-electron chi connectivity index (χ0n) is 13.7. The first-order valence-corrected chi connectivity index (χ1v) is 9.09. The fraction of sp³-hybridized carbons (Fsp3) is 0.467. The molecule has 0 radical (unpaired) electrons. The third kappa shape index (κ3) is 4.11. The molecule has 9 heteroatoms. The molecule has 24 heavy (non-hydrogen) atoms. The van der Waals surface area contributed by atoms with Gasteiger partial charge < -0.3 is 16.4 Å². The van der Waals surface area contributed by atoms with Crippen molar-refractivity contribution >= 4 is 27.5 Å². The van der Waals surface area contributed by atoms with Crippen LogP contribution in [0.15, 0.2) is 29.2 Å². The number of hydrogen-bond acceptors (Lipinski definition) is 5. The smallest absolute Gasteiger partial charge is 0.243 e. The summed E-state index contributed by atoms with van der Waals surface area (Å²) in [6.07, 6.45) is 0. The number of carbonyl (C=O) groups is 2. The van der Waals surface area contributed by atoms with E-state index in [1.165, 1.54) is 18.2 Å². The first-order valence-electron chi connectivity index (χ1n) is 7.65. The average molecular weight is 354 g/mol. The highest BCUT2D eigenvalue weighted by atomic mass is 32.2. The Kier molecular flexibility index (Phi) is 5.58. The van der Waals surface area contributed by atoms with Crippen molar-refractivity contribution < 1.29 is 18.0 Å². The van der Waals surface area contributed by atoms with Gasteiger partial charge in [-0.05, 0) is 24.1 Å². The molecule has 132 valence electrons. The van der Waals surface area contributed by atoms with E-state index in [2.05, 4.69) is 10.6 Å². The van der Waals surface area contributed by atoms with E-state index in [-0.39, 0.29) is 42.3 Å². The maximum Gasteiger partial charge on any atom is 0.243 e. The van der Waals surface area contributed by atoms with Gasteiger partial charge in [-0.15, -0.1) is 0 Å². The average Bonchev–Trinajstić information content (AvgIpc) is 2.54. The molecule has 0 spiro atoms. The number of hydrogen-bond donors (Lipinski definition) is 3. The molecule has 0 aliphatic carbocycles. The van der Waals surface area contributed by atoms with Crippen LogP contribution < -0.4 is 16.4 Å². The summed E-state index contributed by atoms with van der Waals surface area (Å²) in [7, 11) is -3.80. The number of nitrogens with two attached hydrogens (primary N) is 1. The lowest BCUT2D eigenvalue weighted by Gasteiger charge is -2.26. The zero-order chi connectivity index (χ0) is 17.9. The van der Waals surface area contributed by atoms with Gasteiger partial charge in [-0.2, -0.15) is 4.31 Å². The van der Waals surface area contributed by atoms with Crippen LogP contribution in [0.1, 0.15) is 13.8 Å². The molecule has 0 aromatic heterocycles. The van der Waals surface area contributed by atoms with E-state index in [0.717, 1.165) is 4.31 Å². The quantitative estimate of drug-likeness (QED) is 0.672. The number of nitrogens with zero attached hydrogens (tertiary/aromatic N) is 1. The number of nitrogens with one attached hydrogen (secondary N) is 2. The maximum atomic E-state index is 12.6. The van der Waals surface area contributed by atoms with Crippen molar-refractivity contribution in [3.63, 3.8) is 0 Å². The van der Waals surface area contributed by atoms with E-state index >= 15 is 0 Å². The van der Waals surface area contributed by atoms with E-state index in [1.54, 1.807) is 6.07 Å². The van der Waals surface area contributed by atoms with Gasteiger partial charge in [0.05, 0.1) is 17.5 Å². The molecular weight excluding hydrogens is 332 g/mol. The van der Waals surface area contributed by atoms with Gasteiger partial charge in [0.1, 0.15) is 0 Å². The van der Waals surface area contributed by atoms with Crippen molar-refractivity contribution in [2.75, 3.05) is 25.0 Å². The van der Waals surface area contributed by atoms with Gasteiger partial charge in [-0.1, -0.05) is 19.9 Å². The number of piperazine rings is 1. The fourth-order valence-electron chi connectivity index (χ4n) is 2.23. The number of sulfonamides is 1. The van der Waals surface area contributed by atoms with Crippen LogP contribution in [0.25, 0.3) is 0 Å². The Morgan fingerprint density at radius 1 is 1.38 bits per heavy atom. The van der Waals surface area contributed by atoms with Crippen molar-refractivity contribution in [2.45, 2.75) is 24.8 Å². The first-order chi connectivity index (χ1) is 11.2. The van der Waals surface area contributed by atoms with E-state index < -0.39 is 16.1 Å². The number of amides is 2. The molecule has 1 atom stereocenters. The summed E-state index contributed by atoms with van der Waals surface area (Å²) in [5.41, 5.74) is 6.13. The fourth-order valence-corrected chi connectivity index (χ4v) is 3.68. The monoisotopic (exact) mass is 354 g/mol. The summed E-state index contributed by atoms with van der Waals surface area (Å²) in [5.74, 6) is -0.752. The van der Waals surface area contributed by atoms with Crippen LogP contribution in [-0.4, -0.2) is 50.2 Å². The second-order valence-corrected chi connectivity index (χ2v) is 7.91.